The van der Waals surface area contributed by atoms with Crippen LogP contribution in [-0.2, 0) is 13.1 Å². The van der Waals surface area contributed by atoms with Crippen molar-refractivity contribution >= 4 is 5.95 Å². The number of nitrogens with zero attached hydrogens (tertiary/aromatic N) is 5. The number of hydrogen-bond acceptors (Lipinski definition) is 6. The van der Waals surface area contributed by atoms with Crippen LogP contribution in [0.15, 0.2) is 91.4 Å². The van der Waals surface area contributed by atoms with Gasteiger partial charge in [0.25, 0.3) is 0 Å². The van der Waals surface area contributed by atoms with Crippen molar-refractivity contribution in [2.24, 2.45) is 0 Å². The Hall–Kier alpha value is -5.03. The van der Waals surface area contributed by atoms with Crippen molar-refractivity contribution in [3.63, 3.8) is 0 Å². The van der Waals surface area contributed by atoms with E-state index in [1.165, 1.54) is 12.1 Å². The van der Waals surface area contributed by atoms with Crippen LogP contribution in [0.2, 0.25) is 0 Å². The minimum Gasteiger partial charge on any atom is -0.497 e. The summed E-state index contributed by atoms with van der Waals surface area (Å²) >= 11 is 0. The molecule has 0 bridgehead atoms. The van der Waals surface area contributed by atoms with Crippen molar-refractivity contribution in [2.45, 2.75) is 13.1 Å². The van der Waals surface area contributed by atoms with Gasteiger partial charge in [-0.2, -0.15) is 5.26 Å². The summed E-state index contributed by atoms with van der Waals surface area (Å²) in [5.41, 5.74) is 5.60. The highest BCUT2D eigenvalue weighted by atomic mass is 19.1. The van der Waals surface area contributed by atoms with Gasteiger partial charge in [-0.15, -0.1) is 0 Å². The van der Waals surface area contributed by atoms with Gasteiger partial charge in [0, 0.05) is 24.8 Å². The zero-order valence-electron chi connectivity index (χ0n) is 20.1. The number of ether oxygens (including phenoxy) is 1. The van der Waals surface area contributed by atoms with E-state index in [2.05, 4.69) is 21.4 Å². The van der Waals surface area contributed by atoms with Gasteiger partial charge in [0.2, 0.25) is 5.95 Å². The van der Waals surface area contributed by atoms with E-state index in [9.17, 15) is 4.39 Å². The van der Waals surface area contributed by atoms with Gasteiger partial charge in [0.15, 0.2) is 0 Å². The second kappa shape index (κ2) is 10.7. The highest BCUT2D eigenvalue weighted by Crippen LogP contribution is 2.31. The van der Waals surface area contributed by atoms with Crippen molar-refractivity contribution < 1.29 is 9.13 Å². The summed E-state index contributed by atoms with van der Waals surface area (Å²) in [6, 6.07) is 25.4. The van der Waals surface area contributed by atoms with E-state index in [0.717, 1.165) is 28.1 Å². The summed E-state index contributed by atoms with van der Waals surface area (Å²) in [4.78, 5) is 13.8. The van der Waals surface area contributed by atoms with Gasteiger partial charge in [-0.3, -0.25) is 0 Å². The standard InChI is InChI=1S/C29H23FN6O/c1-37-25-12-6-21(7-13-25)17-33-29-32-15-14-26(35-29)28-27(23-8-10-24(30)11-9-23)34-19-36(28)18-22-4-2-20(16-31)3-5-22/h2-15,19H,17-18H2,1H3,(H,32,33,35). The third-order valence-corrected chi connectivity index (χ3v) is 5.90. The molecule has 0 saturated carbocycles. The molecule has 0 aliphatic heterocycles. The molecule has 0 unspecified atom stereocenters. The fourth-order valence-corrected chi connectivity index (χ4v) is 3.97. The molecule has 2 aromatic heterocycles. The normalized spacial score (nSPS) is 10.6. The van der Waals surface area contributed by atoms with Gasteiger partial charge in [-0.05, 0) is 65.7 Å². The first-order valence-electron chi connectivity index (χ1n) is 11.6. The molecule has 7 nitrogen and oxygen atoms in total. The van der Waals surface area contributed by atoms with E-state index in [-0.39, 0.29) is 5.82 Å². The molecule has 3 aromatic carbocycles. The van der Waals surface area contributed by atoms with Gasteiger partial charge < -0.3 is 14.6 Å². The maximum absolute atomic E-state index is 13.6. The van der Waals surface area contributed by atoms with E-state index in [1.807, 2.05) is 47.0 Å². The Balaban J connectivity index is 1.48. The van der Waals surface area contributed by atoms with Crippen LogP contribution < -0.4 is 10.1 Å². The number of rotatable bonds is 8. The van der Waals surface area contributed by atoms with Gasteiger partial charge in [-0.25, -0.2) is 19.3 Å². The van der Waals surface area contributed by atoms with Crippen LogP contribution >= 0.6 is 0 Å². The first-order chi connectivity index (χ1) is 18.1. The SMILES string of the molecule is COc1ccc(CNc2nccc(-c3c(-c4ccc(F)cc4)ncn3Cc3ccc(C#N)cc3)n2)cc1. The Morgan fingerprint density at radius 1 is 0.919 bits per heavy atom. The van der Waals surface area contributed by atoms with Crippen LogP contribution in [0.25, 0.3) is 22.6 Å². The van der Waals surface area contributed by atoms with Crippen molar-refractivity contribution in [3.05, 3.63) is 114 Å². The largest absolute Gasteiger partial charge is 0.497 e. The summed E-state index contributed by atoms with van der Waals surface area (Å²) in [6.45, 7) is 1.07. The molecule has 0 saturated heterocycles. The average Bonchev–Trinajstić information content (AvgIpc) is 3.36. The Morgan fingerprint density at radius 2 is 1.65 bits per heavy atom. The van der Waals surface area contributed by atoms with Crippen molar-refractivity contribution in [3.8, 4) is 34.5 Å². The molecule has 182 valence electrons. The van der Waals surface area contributed by atoms with Gasteiger partial charge in [-0.1, -0.05) is 24.3 Å². The molecule has 0 atom stereocenters. The number of anilines is 1. The van der Waals surface area contributed by atoms with Crippen molar-refractivity contribution in [1.29, 1.82) is 5.26 Å². The smallest absolute Gasteiger partial charge is 0.223 e. The fraction of sp³-hybridized carbons (Fsp3) is 0.103. The zero-order valence-corrected chi connectivity index (χ0v) is 20.1. The number of aromatic nitrogens is 4. The predicted molar refractivity (Wildman–Crippen MR) is 139 cm³/mol. The molecule has 0 aliphatic carbocycles. The van der Waals surface area contributed by atoms with E-state index in [4.69, 9.17) is 15.0 Å². The molecular formula is C29H23FN6O. The summed E-state index contributed by atoms with van der Waals surface area (Å²) in [7, 11) is 1.64. The summed E-state index contributed by atoms with van der Waals surface area (Å²) < 4.78 is 20.8. The second-order valence-corrected chi connectivity index (χ2v) is 8.35. The Morgan fingerprint density at radius 3 is 2.35 bits per heavy atom. The molecule has 5 rings (SSSR count). The van der Waals surface area contributed by atoms with Crippen LogP contribution in [0.4, 0.5) is 10.3 Å². The molecule has 1 N–H and O–H groups in total. The Bertz CT molecular complexity index is 1540. The van der Waals surface area contributed by atoms with E-state index < -0.39 is 0 Å². The van der Waals surface area contributed by atoms with E-state index in [0.29, 0.717) is 36.0 Å². The summed E-state index contributed by atoms with van der Waals surface area (Å²) in [6.07, 6.45) is 3.45. The summed E-state index contributed by atoms with van der Waals surface area (Å²) in [5.74, 6) is 0.963. The lowest BCUT2D eigenvalue weighted by Gasteiger charge is -2.12. The fourth-order valence-electron chi connectivity index (χ4n) is 3.97. The summed E-state index contributed by atoms with van der Waals surface area (Å²) in [5, 5.41) is 12.4. The van der Waals surface area contributed by atoms with E-state index in [1.54, 1.807) is 43.9 Å². The Kier molecular flexibility index (Phi) is 6.86. The number of benzene rings is 3. The maximum atomic E-state index is 13.6. The molecule has 0 fully saturated rings. The highest BCUT2D eigenvalue weighted by Gasteiger charge is 2.17. The lowest BCUT2D eigenvalue weighted by Crippen LogP contribution is -2.06. The lowest BCUT2D eigenvalue weighted by molar-refractivity contribution is 0.414. The van der Waals surface area contributed by atoms with Crippen LogP contribution in [0, 0.1) is 17.1 Å². The number of halogens is 1. The topological polar surface area (TPSA) is 88.6 Å². The number of hydrogen-bond donors (Lipinski definition) is 1. The maximum Gasteiger partial charge on any atom is 0.223 e. The van der Waals surface area contributed by atoms with Crippen LogP contribution in [0.1, 0.15) is 16.7 Å². The van der Waals surface area contributed by atoms with Crippen LogP contribution in [0.3, 0.4) is 0 Å². The van der Waals surface area contributed by atoms with Crippen LogP contribution in [0.5, 0.6) is 5.75 Å². The molecule has 0 aliphatic rings. The molecule has 37 heavy (non-hydrogen) atoms. The minimum absolute atomic E-state index is 0.311. The van der Waals surface area contributed by atoms with Crippen molar-refractivity contribution in [2.75, 3.05) is 12.4 Å². The third kappa shape index (κ3) is 5.46. The molecule has 0 spiro atoms. The molecule has 5 aromatic rings. The molecule has 8 heteroatoms. The van der Waals surface area contributed by atoms with Gasteiger partial charge in [0.1, 0.15) is 11.6 Å². The number of nitriles is 1. The first-order valence-corrected chi connectivity index (χ1v) is 11.6. The highest BCUT2D eigenvalue weighted by molar-refractivity contribution is 5.77. The molecule has 0 amide bonds. The van der Waals surface area contributed by atoms with Gasteiger partial charge in [0.05, 0.1) is 42.2 Å². The number of imidazole rings is 1. The van der Waals surface area contributed by atoms with Gasteiger partial charge >= 0.3 is 0 Å². The quantitative estimate of drug-likeness (QED) is 0.301. The average molecular weight is 491 g/mol. The monoisotopic (exact) mass is 490 g/mol. The zero-order chi connectivity index (χ0) is 25.6. The molecule has 0 radical (unpaired) electrons. The van der Waals surface area contributed by atoms with Crippen molar-refractivity contribution in [1.82, 2.24) is 19.5 Å². The number of methoxy groups -OCH3 is 1. The van der Waals surface area contributed by atoms with Crippen LogP contribution in [-0.4, -0.2) is 26.6 Å². The van der Waals surface area contributed by atoms with E-state index >= 15 is 0 Å². The number of nitrogens with one attached hydrogen (secondary N) is 1. The molecule has 2 heterocycles. The predicted octanol–water partition coefficient (Wildman–Crippen LogP) is 5.69. The minimum atomic E-state index is -0.311. The second-order valence-electron chi connectivity index (χ2n) is 8.35. The third-order valence-electron chi connectivity index (χ3n) is 5.90. The first kappa shape index (κ1) is 23.7. The molecular weight excluding hydrogens is 467 g/mol. The lowest BCUT2D eigenvalue weighted by atomic mass is 10.1. The Labute approximate surface area is 213 Å².